The molecule has 6 nitrogen and oxygen atoms in total. The average Bonchev–Trinajstić information content (AvgIpc) is 2.73. The highest BCUT2D eigenvalue weighted by Gasteiger charge is 2.47. The maximum atomic E-state index is 11.3. The summed E-state index contributed by atoms with van der Waals surface area (Å²) in [6.45, 7) is 3.87. The molecule has 0 saturated carbocycles. The Bertz CT molecular complexity index is 553. The molecular formula is C13H15N3O3. The van der Waals surface area contributed by atoms with Crippen molar-refractivity contribution in [3.63, 3.8) is 0 Å². The Kier molecular flexibility index (Phi) is 3.40. The van der Waals surface area contributed by atoms with Crippen LogP contribution in [0.2, 0.25) is 0 Å². The molecule has 100 valence electrons. The Balaban J connectivity index is 2.29. The van der Waals surface area contributed by atoms with Crippen molar-refractivity contribution < 1.29 is 14.6 Å². The minimum absolute atomic E-state index is 0.147. The van der Waals surface area contributed by atoms with Crippen molar-refractivity contribution in [3.05, 3.63) is 23.4 Å². The number of hydrogen-bond acceptors (Lipinski definition) is 5. The number of carboxylic acids is 1. The second-order valence-electron chi connectivity index (χ2n) is 4.90. The molecule has 1 aliphatic heterocycles. The lowest BCUT2D eigenvalue weighted by molar-refractivity contribution is -0.148. The molecule has 0 spiro atoms. The van der Waals surface area contributed by atoms with E-state index in [4.69, 9.17) is 10.00 Å². The van der Waals surface area contributed by atoms with Gasteiger partial charge >= 0.3 is 5.97 Å². The van der Waals surface area contributed by atoms with Gasteiger partial charge in [-0.25, -0.2) is 4.98 Å². The average molecular weight is 261 g/mol. The van der Waals surface area contributed by atoms with Crippen LogP contribution >= 0.6 is 0 Å². The highest BCUT2D eigenvalue weighted by atomic mass is 16.5. The second kappa shape index (κ2) is 4.86. The number of anilines is 1. The van der Waals surface area contributed by atoms with Gasteiger partial charge in [0.05, 0.1) is 24.8 Å². The zero-order chi connectivity index (χ0) is 14.0. The van der Waals surface area contributed by atoms with Crippen LogP contribution in [-0.4, -0.2) is 35.3 Å². The number of carboxylic acid groups (broad SMARTS) is 1. The molecule has 0 amide bonds. The summed E-state index contributed by atoms with van der Waals surface area (Å²) in [5.74, 6) is -0.515. The zero-order valence-electron chi connectivity index (χ0n) is 10.8. The lowest BCUT2D eigenvalue weighted by atomic mass is 9.85. The lowest BCUT2D eigenvalue weighted by Gasteiger charge is -2.26. The van der Waals surface area contributed by atoms with Crippen LogP contribution in [0.25, 0.3) is 0 Å². The summed E-state index contributed by atoms with van der Waals surface area (Å²) >= 11 is 0. The van der Waals surface area contributed by atoms with Crippen molar-refractivity contribution in [2.45, 2.75) is 19.9 Å². The first-order chi connectivity index (χ1) is 8.97. The fourth-order valence-electron chi connectivity index (χ4n) is 2.01. The monoisotopic (exact) mass is 261 g/mol. The van der Waals surface area contributed by atoms with E-state index in [1.54, 1.807) is 19.1 Å². The first-order valence-electron chi connectivity index (χ1n) is 5.93. The van der Waals surface area contributed by atoms with E-state index >= 15 is 0 Å². The first-order valence-corrected chi connectivity index (χ1v) is 5.93. The van der Waals surface area contributed by atoms with Crippen molar-refractivity contribution >= 4 is 11.8 Å². The van der Waals surface area contributed by atoms with Crippen LogP contribution in [0.1, 0.15) is 18.2 Å². The van der Waals surface area contributed by atoms with Gasteiger partial charge in [-0.3, -0.25) is 4.79 Å². The summed E-state index contributed by atoms with van der Waals surface area (Å²) in [5, 5.41) is 21.4. The van der Waals surface area contributed by atoms with Crippen molar-refractivity contribution in [3.8, 4) is 6.07 Å². The molecule has 1 aliphatic rings. The summed E-state index contributed by atoms with van der Waals surface area (Å²) in [4.78, 5) is 15.6. The molecular weight excluding hydrogens is 246 g/mol. The number of pyridine rings is 1. The van der Waals surface area contributed by atoms with Gasteiger partial charge in [0.25, 0.3) is 0 Å². The van der Waals surface area contributed by atoms with Crippen molar-refractivity contribution in [2.75, 3.05) is 18.5 Å². The maximum Gasteiger partial charge on any atom is 0.313 e. The molecule has 1 fully saturated rings. The summed E-state index contributed by atoms with van der Waals surface area (Å²) in [7, 11) is 0. The molecule has 2 unspecified atom stereocenters. The Morgan fingerprint density at radius 3 is 3.05 bits per heavy atom. The maximum absolute atomic E-state index is 11.3. The van der Waals surface area contributed by atoms with Crippen molar-refractivity contribution in [1.82, 2.24) is 4.98 Å². The summed E-state index contributed by atoms with van der Waals surface area (Å²) in [6.07, 6.45) is 0. The number of aryl methyl sites for hydroxylation is 1. The van der Waals surface area contributed by atoms with Crippen LogP contribution in [0.5, 0.6) is 0 Å². The smallest absolute Gasteiger partial charge is 0.313 e. The number of hydrogen-bond donors (Lipinski definition) is 2. The fourth-order valence-corrected chi connectivity index (χ4v) is 2.01. The van der Waals surface area contributed by atoms with Crippen molar-refractivity contribution in [1.29, 1.82) is 5.26 Å². The summed E-state index contributed by atoms with van der Waals surface area (Å²) in [5.41, 5.74) is 0.140. The Morgan fingerprint density at radius 2 is 2.42 bits per heavy atom. The van der Waals surface area contributed by atoms with E-state index in [-0.39, 0.29) is 13.2 Å². The molecule has 2 atom stereocenters. The third kappa shape index (κ3) is 2.37. The Hall–Kier alpha value is -2.13. The van der Waals surface area contributed by atoms with Crippen LogP contribution in [0, 0.1) is 23.7 Å². The van der Waals surface area contributed by atoms with Gasteiger partial charge in [-0.1, -0.05) is 0 Å². The molecule has 2 heterocycles. The third-order valence-corrected chi connectivity index (χ3v) is 3.41. The van der Waals surface area contributed by atoms with Crippen LogP contribution < -0.4 is 5.32 Å². The highest BCUT2D eigenvalue weighted by Crippen LogP contribution is 2.31. The normalized spacial score (nSPS) is 25.8. The molecule has 2 N–H and O–H groups in total. The number of nitrogens with one attached hydrogen (secondary N) is 1. The van der Waals surface area contributed by atoms with E-state index in [9.17, 15) is 9.90 Å². The zero-order valence-corrected chi connectivity index (χ0v) is 10.8. The van der Waals surface area contributed by atoms with Crippen molar-refractivity contribution in [2.24, 2.45) is 5.41 Å². The largest absolute Gasteiger partial charge is 0.481 e. The fraction of sp³-hybridized carbons (Fsp3) is 0.462. The van der Waals surface area contributed by atoms with Crippen LogP contribution in [0.3, 0.4) is 0 Å². The number of nitrogens with zero attached hydrogens (tertiary/aromatic N) is 2. The first kappa shape index (κ1) is 13.3. The molecule has 0 aliphatic carbocycles. The van der Waals surface area contributed by atoms with Crippen LogP contribution in [0.15, 0.2) is 12.1 Å². The van der Waals surface area contributed by atoms with Crippen LogP contribution in [0.4, 0.5) is 5.82 Å². The predicted octanol–water partition coefficient (Wildman–Crippen LogP) is 1.16. The van der Waals surface area contributed by atoms with E-state index in [0.717, 1.165) is 5.69 Å². The minimum Gasteiger partial charge on any atom is -0.481 e. The number of ether oxygens (including phenoxy) is 1. The molecule has 19 heavy (non-hydrogen) atoms. The van der Waals surface area contributed by atoms with E-state index in [1.165, 1.54) is 0 Å². The van der Waals surface area contributed by atoms with Gasteiger partial charge in [0.1, 0.15) is 17.3 Å². The minimum atomic E-state index is -1.02. The molecule has 1 aromatic heterocycles. The highest BCUT2D eigenvalue weighted by molar-refractivity contribution is 5.76. The van der Waals surface area contributed by atoms with Crippen LogP contribution in [-0.2, 0) is 9.53 Å². The van der Waals surface area contributed by atoms with E-state index in [0.29, 0.717) is 11.4 Å². The topological polar surface area (TPSA) is 95.2 Å². The van der Waals surface area contributed by atoms with Gasteiger partial charge in [-0.15, -0.1) is 0 Å². The molecule has 2 rings (SSSR count). The quantitative estimate of drug-likeness (QED) is 0.847. The summed E-state index contributed by atoms with van der Waals surface area (Å²) in [6, 6.07) is 5.04. The predicted molar refractivity (Wildman–Crippen MR) is 67.7 cm³/mol. The third-order valence-electron chi connectivity index (χ3n) is 3.41. The molecule has 6 heteroatoms. The standard InChI is InChI=1S/C13H15N3O3/c1-8-3-4-9(5-14)11(15-8)16-10-6-19-7-13(10,2)12(17)18/h3-4,10H,6-7H2,1-2H3,(H,15,16)(H,17,18). The van der Waals surface area contributed by atoms with E-state index < -0.39 is 17.4 Å². The SMILES string of the molecule is Cc1ccc(C#N)c(NC2COCC2(C)C(=O)O)n1. The van der Waals surface area contributed by atoms with E-state index in [1.807, 2.05) is 13.0 Å². The number of aliphatic carboxylic acids is 1. The molecule has 0 radical (unpaired) electrons. The van der Waals surface area contributed by atoms with Gasteiger partial charge in [0, 0.05) is 5.69 Å². The number of nitriles is 1. The van der Waals surface area contributed by atoms with Gasteiger partial charge < -0.3 is 15.2 Å². The summed E-state index contributed by atoms with van der Waals surface area (Å²) < 4.78 is 5.26. The number of carbonyl (C=O) groups is 1. The lowest BCUT2D eigenvalue weighted by Crippen LogP contribution is -2.43. The molecule has 1 aromatic rings. The molecule has 1 saturated heterocycles. The number of rotatable bonds is 3. The van der Waals surface area contributed by atoms with Gasteiger partial charge in [0.2, 0.25) is 0 Å². The second-order valence-corrected chi connectivity index (χ2v) is 4.90. The Labute approximate surface area is 111 Å². The molecule has 0 bridgehead atoms. The molecule has 0 aromatic carbocycles. The number of aromatic nitrogens is 1. The Morgan fingerprint density at radius 1 is 1.68 bits per heavy atom. The van der Waals surface area contributed by atoms with Gasteiger partial charge in [-0.2, -0.15) is 5.26 Å². The van der Waals surface area contributed by atoms with E-state index in [2.05, 4.69) is 10.3 Å². The van der Waals surface area contributed by atoms with Gasteiger partial charge in [0.15, 0.2) is 0 Å². The van der Waals surface area contributed by atoms with Gasteiger partial charge in [-0.05, 0) is 26.0 Å².